The van der Waals surface area contributed by atoms with E-state index in [2.05, 4.69) is 5.32 Å². The van der Waals surface area contributed by atoms with Gasteiger partial charge < -0.3 is 15.1 Å². The van der Waals surface area contributed by atoms with Crippen LogP contribution in [0.3, 0.4) is 0 Å². The van der Waals surface area contributed by atoms with E-state index in [0.29, 0.717) is 37.3 Å². The highest BCUT2D eigenvalue weighted by molar-refractivity contribution is 6.05. The molecule has 2 aromatic carbocycles. The van der Waals surface area contributed by atoms with Gasteiger partial charge >= 0.3 is 0 Å². The SMILES string of the molecule is Cc1ccc(NC(=O)c2ccc(C(=O)N3CCN(C=O)CC3)cc2)cc1C. The molecule has 0 atom stereocenters. The highest BCUT2D eigenvalue weighted by Gasteiger charge is 2.21. The number of carbonyl (C=O) groups is 3. The molecule has 140 valence electrons. The van der Waals surface area contributed by atoms with E-state index >= 15 is 0 Å². The molecule has 0 aromatic heterocycles. The first kappa shape index (κ1) is 18.6. The quantitative estimate of drug-likeness (QED) is 0.846. The van der Waals surface area contributed by atoms with Gasteiger partial charge in [-0.05, 0) is 61.4 Å². The molecule has 0 bridgehead atoms. The second-order valence-corrected chi connectivity index (χ2v) is 6.76. The van der Waals surface area contributed by atoms with Crippen molar-refractivity contribution in [3.05, 3.63) is 64.7 Å². The molecule has 1 aliphatic heterocycles. The standard InChI is InChI=1S/C21H23N3O3/c1-15-3-8-19(13-16(15)2)22-20(26)17-4-6-18(7-5-17)21(27)24-11-9-23(14-25)10-12-24/h3-8,13-14H,9-12H2,1-2H3,(H,22,26). The smallest absolute Gasteiger partial charge is 0.255 e. The van der Waals surface area contributed by atoms with E-state index < -0.39 is 0 Å². The zero-order valence-electron chi connectivity index (χ0n) is 15.6. The highest BCUT2D eigenvalue weighted by atomic mass is 16.2. The molecule has 1 saturated heterocycles. The van der Waals surface area contributed by atoms with Crippen molar-refractivity contribution in [1.29, 1.82) is 0 Å². The summed E-state index contributed by atoms with van der Waals surface area (Å²) in [6.07, 6.45) is 0.810. The van der Waals surface area contributed by atoms with E-state index in [1.54, 1.807) is 34.1 Å². The lowest BCUT2D eigenvalue weighted by atomic mass is 10.1. The van der Waals surface area contributed by atoms with Crippen molar-refractivity contribution < 1.29 is 14.4 Å². The van der Waals surface area contributed by atoms with Crippen molar-refractivity contribution in [3.63, 3.8) is 0 Å². The summed E-state index contributed by atoms with van der Waals surface area (Å²) in [6, 6.07) is 12.4. The summed E-state index contributed by atoms with van der Waals surface area (Å²) in [7, 11) is 0. The number of anilines is 1. The fourth-order valence-electron chi connectivity index (χ4n) is 3.00. The molecule has 0 spiro atoms. The minimum Gasteiger partial charge on any atom is -0.342 e. The lowest BCUT2D eigenvalue weighted by molar-refractivity contribution is -0.119. The van der Waals surface area contributed by atoms with E-state index in [-0.39, 0.29) is 11.8 Å². The molecular formula is C21H23N3O3. The molecule has 0 radical (unpaired) electrons. The molecule has 6 nitrogen and oxygen atoms in total. The van der Waals surface area contributed by atoms with E-state index in [9.17, 15) is 14.4 Å². The summed E-state index contributed by atoms with van der Waals surface area (Å²) in [4.78, 5) is 39.1. The van der Waals surface area contributed by atoms with Gasteiger partial charge in [0.25, 0.3) is 11.8 Å². The maximum Gasteiger partial charge on any atom is 0.255 e. The van der Waals surface area contributed by atoms with Crippen molar-refractivity contribution >= 4 is 23.9 Å². The predicted molar refractivity (Wildman–Crippen MR) is 104 cm³/mol. The second-order valence-electron chi connectivity index (χ2n) is 6.76. The number of piperazine rings is 1. The van der Waals surface area contributed by atoms with Gasteiger partial charge in [0, 0.05) is 43.0 Å². The van der Waals surface area contributed by atoms with E-state index in [4.69, 9.17) is 0 Å². The molecule has 1 heterocycles. The van der Waals surface area contributed by atoms with Crippen molar-refractivity contribution in [1.82, 2.24) is 9.80 Å². The van der Waals surface area contributed by atoms with Crippen LogP contribution in [-0.2, 0) is 4.79 Å². The minimum absolute atomic E-state index is 0.0818. The van der Waals surface area contributed by atoms with Crippen LogP contribution in [0.5, 0.6) is 0 Å². The Morgan fingerprint density at radius 2 is 1.52 bits per heavy atom. The third-order valence-electron chi connectivity index (χ3n) is 4.91. The zero-order chi connectivity index (χ0) is 19.4. The summed E-state index contributed by atoms with van der Waals surface area (Å²) in [6.45, 7) is 6.16. The average Bonchev–Trinajstić information content (AvgIpc) is 2.70. The molecule has 1 N–H and O–H groups in total. The van der Waals surface area contributed by atoms with Crippen molar-refractivity contribution in [2.75, 3.05) is 31.5 Å². The van der Waals surface area contributed by atoms with Crippen LogP contribution in [0.1, 0.15) is 31.8 Å². The molecule has 0 saturated carbocycles. The van der Waals surface area contributed by atoms with Crippen LogP contribution in [0.2, 0.25) is 0 Å². The molecule has 2 aromatic rings. The first-order valence-corrected chi connectivity index (χ1v) is 8.95. The molecular weight excluding hydrogens is 342 g/mol. The van der Waals surface area contributed by atoms with Crippen LogP contribution >= 0.6 is 0 Å². The molecule has 1 fully saturated rings. The van der Waals surface area contributed by atoms with E-state index in [1.165, 1.54) is 5.56 Å². The molecule has 0 aliphatic carbocycles. The number of aryl methyl sites for hydroxylation is 2. The van der Waals surface area contributed by atoms with Crippen LogP contribution < -0.4 is 5.32 Å². The van der Waals surface area contributed by atoms with Crippen molar-refractivity contribution in [3.8, 4) is 0 Å². The Morgan fingerprint density at radius 3 is 2.11 bits per heavy atom. The fraction of sp³-hybridized carbons (Fsp3) is 0.286. The number of carbonyl (C=O) groups excluding carboxylic acids is 3. The van der Waals surface area contributed by atoms with Gasteiger partial charge in [0.2, 0.25) is 6.41 Å². The van der Waals surface area contributed by atoms with Gasteiger partial charge in [-0.1, -0.05) is 6.07 Å². The lowest BCUT2D eigenvalue weighted by Gasteiger charge is -2.32. The topological polar surface area (TPSA) is 69.7 Å². The summed E-state index contributed by atoms with van der Waals surface area (Å²) < 4.78 is 0. The largest absolute Gasteiger partial charge is 0.342 e. The monoisotopic (exact) mass is 365 g/mol. The summed E-state index contributed by atoms with van der Waals surface area (Å²) in [5.74, 6) is -0.293. The van der Waals surface area contributed by atoms with Gasteiger partial charge in [-0.25, -0.2) is 0 Å². The maximum atomic E-state index is 12.6. The Kier molecular flexibility index (Phi) is 5.54. The Morgan fingerprint density at radius 1 is 0.889 bits per heavy atom. The van der Waals surface area contributed by atoms with Crippen LogP contribution in [0, 0.1) is 13.8 Å². The Labute approximate surface area is 158 Å². The highest BCUT2D eigenvalue weighted by Crippen LogP contribution is 2.16. The zero-order valence-corrected chi connectivity index (χ0v) is 15.6. The second kappa shape index (κ2) is 8.03. The van der Waals surface area contributed by atoms with E-state index in [1.807, 2.05) is 32.0 Å². The third-order valence-corrected chi connectivity index (χ3v) is 4.91. The third kappa shape index (κ3) is 4.34. The normalized spacial score (nSPS) is 14.0. The Bertz CT molecular complexity index is 853. The minimum atomic E-state index is -0.211. The van der Waals surface area contributed by atoms with Crippen LogP contribution in [0.25, 0.3) is 0 Å². The number of nitrogens with zero attached hydrogens (tertiary/aromatic N) is 2. The van der Waals surface area contributed by atoms with Gasteiger partial charge in [-0.2, -0.15) is 0 Å². The van der Waals surface area contributed by atoms with E-state index in [0.717, 1.165) is 17.7 Å². The fourth-order valence-corrected chi connectivity index (χ4v) is 3.00. The first-order valence-electron chi connectivity index (χ1n) is 8.95. The van der Waals surface area contributed by atoms with Gasteiger partial charge in [0.05, 0.1) is 0 Å². The summed E-state index contributed by atoms with van der Waals surface area (Å²) in [5, 5.41) is 2.88. The summed E-state index contributed by atoms with van der Waals surface area (Å²) in [5.41, 5.74) is 4.07. The molecule has 3 amide bonds. The van der Waals surface area contributed by atoms with Gasteiger partial charge in [-0.3, -0.25) is 14.4 Å². The lowest BCUT2D eigenvalue weighted by Crippen LogP contribution is -2.48. The number of hydrogen-bond acceptors (Lipinski definition) is 3. The molecule has 0 unspecified atom stereocenters. The van der Waals surface area contributed by atoms with Crippen molar-refractivity contribution in [2.24, 2.45) is 0 Å². The van der Waals surface area contributed by atoms with Gasteiger partial charge in [-0.15, -0.1) is 0 Å². The Hall–Kier alpha value is -3.15. The number of rotatable bonds is 4. The van der Waals surface area contributed by atoms with Gasteiger partial charge in [0.15, 0.2) is 0 Å². The Balaban J connectivity index is 1.64. The number of nitrogens with one attached hydrogen (secondary N) is 1. The van der Waals surface area contributed by atoms with Crippen LogP contribution in [0.4, 0.5) is 5.69 Å². The molecule has 1 aliphatic rings. The molecule has 27 heavy (non-hydrogen) atoms. The molecule has 3 rings (SSSR count). The first-order chi connectivity index (χ1) is 13.0. The molecule has 6 heteroatoms. The van der Waals surface area contributed by atoms with Gasteiger partial charge in [0.1, 0.15) is 0 Å². The number of hydrogen-bond donors (Lipinski definition) is 1. The van der Waals surface area contributed by atoms with Crippen molar-refractivity contribution in [2.45, 2.75) is 13.8 Å². The average molecular weight is 365 g/mol. The van der Waals surface area contributed by atoms with Crippen LogP contribution in [-0.4, -0.2) is 54.2 Å². The van der Waals surface area contributed by atoms with Crippen LogP contribution in [0.15, 0.2) is 42.5 Å². The number of amides is 3. The summed E-state index contributed by atoms with van der Waals surface area (Å²) >= 11 is 0. The predicted octanol–water partition coefficient (Wildman–Crippen LogP) is 2.47. The number of benzene rings is 2. The maximum absolute atomic E-state index is 12.6.